The second kappa shape index (κ2) is 8.63. The van der Waals surface area contributed by atoms with Gasteiger partial charge in [0.2, 0.25) is 10.0 Å². The zero-order chi connectivity index (χ0) is 19.2. The standard InChI is InChI=1S/C17H20N2O6S/c1-13(11-25-17-8-6-16(24-2)7-9-17)18-26(22,23)12-14-4-3-5-15(10-14)19(20)21/h3-10,13,18H,11-12H2,1-2H3/t13-/m0/s1. The highest BCUT2D eigenvalue weighted by Gasteiger charge is 2.17. The zero-order valence-corrected chi connectivity index (χ0v) is 15.2. The molecular weight excluding hydrogens is 360 g/mol. The summed E-state index contributed by atoms with van der Waals surface area (Å²) in [6, 6.07) is 12.0. The second-order valence-corrected chi connectivity index (χ2v) is 7.45. The van der Waals surface area contributed by atoms with E-state index in [1.807, 2.05) is 0 Å². The predicted molar refractivity (Wildman–Crippen MR) is 96.8 cm³/mol. The lowest BCUT2D eigenvalue weighted by Crippen LogP contribution is -2.37. The van der Waals surface area contributed by atoms with E-state index in [-0.39, 0.29) is 18.0 Å². The van der Waals surface area contributed by atoms with Crippen LogP contribution >= 0.6 is 0 Å². The number of sulfonamides is 1. The quantitative estimate of drug-likeness (QED) is 0.529. The lowest BCUT2D eigenvalue weighted by molar-refractivity contribution is -0.384. The van der Waals surface area contributed by atoms with Crippen LogP contribution in [0.3, 0.4) is 0 Å². The van der Waals surface area contributed by atoms with E-state index < -0.39 is 21.0 Å². The van der Waals surface area contributed by atoms with Crippen molar-refractivity contribution in [3.05, 3.63) is 64.2 Å². The number of hydrogen-bond acceptors (Lipinski definition) is 6. The molecule has 0 bridgehead atoms. The number of nitrogens with one attached hydrogen (secondary N) is 1. The first-order valence-electron chi connectivity index (χ1n) is 7.79. The van der Waals surface area contributed by atoms with Crippen molar-refractivity contribution in [1.29, 1.82) is 0 Å². The van der Waals surface area contributed by atoms with E-state index in [1.54, 1.807) is 38.3 Å². The minimum Gasteiger partial charge on any atom is -0.497 e. The number of ether oxygens (including phenoxy) is 2. The molecule has 0 aliphatic rings. The number of benzene rings is 2. The van der Waals surface area contributed by atoms with E-state index >= 15 is 0 Å². The molecule has 2 rings (SSSR count). The molecule has 0 saturated heterocycles. The Morgan fingerprint density at radius 1 is 1.15 bits per heavy atom. The van der Waals surface area contributed by atoms with Crippen molar-refractivity contribution in [1.82, 2.24) is 4.72 Å². The van der Waals surface area contributed by atoms with Gasteiger partial charge >= 0.3 is 0 Å². The summed E-state index contributed by atoms with van der Waals surface area (Å²) in [5.41, 5.74) is 0.198. The average Bonchev–Trinajstić information content (AvgIpc) is 2.59. The number of nitrogens with zero attached hydrogens (tertiary/aromatic N) is 1. The van der Waals surface area contributed by atoms with Crippen LogP contribution in [0.5, 0.6) is 11.5 Å². The van der Waals surface area contributed by atoms with E-state index in [0.29, 0.717) is 17.1 Å². The van der Waals surface area contributed by atoms with Crippen molar-refractivity contribution in [2.24, 2.45) is 0 Å². The van der Waals surface area contributed by atoms with Gasteiger partial charge in [0.25, 0.3) is 5.69 Å². The van der Waals surface area contributed by atoms with Crippen LogP contribution in [0.15, 0.2) is 48.5 Å². The summed E-state index contributed by atoms with van der Waals surface area (Å²) in [6.45, 7) is 1.81. The molecule has 0 aliphatic carbocycles. The van der Waals surface area contributed by atoms with Crippen molar-refractivity contribution in [3.63, 3.8) is 0 Å². The SMILES string of the molecule is COc1ccc(OC[C@H](C)NS(=O)(=O)Cc2cccc([N+](=O)[O-])c2)cc1. The molecule has 0 heterocycles. The largest absolute Gasteiger partial charge is 0.497 e. The summed E-state index contributed by atoms with van der Waals surface area (Å²) in [6.07, 6.45) is 0. The second-order valence-electron chi connectivity index (χ2n) is 5.69. The van der Waals surface area contributed by atoms with Gasteiger partial charge in [0.15, 0.2) is 0 Å². The van der Waals surface area contributed by atoms with Gasteiger partial charge in [-0.25, -0.2) is 13.1 Å². The van der Waals surface area contributed by atoms with Crippen LogP contribution in [0.4, 0.5) is 5.69 Å². The van der Waals surface area contributed by atoms with Crippen LogP contribution in [-0.4, -0.2) is 33.1 Å². The summed E-state index contributed by atoms with van der Waals surface area (Å²) in [5.74, 6) is 0.945. The highest BCUT2D eigenvalue weighted by atomic mass is 32.2. The minimum absolute atomic E-state index is 0.139. The van der Waals surface area contributed by atoms with Gasteiger partial charge < -0.3 is 9.47 Å². The molecule has 0 saturated carbocycles. The van der Waals surface area contributed by atoms with Gasteiger partial charge in [-0.15, -0.1) is 0 Å². The fourth-order valence-electron chi connectivity index (χ4n) is 2.25. The van der Waals surface area contributed by atoms with Gasteiger partial charge in [0.05, 0.1) is 23.8 Å². The molecular formula is C17H20N2O6S. The molecule has 8 nitrogen and oxygen atoms in total. The number of methoxy groups -OCH3 is 1. The first-order valence-corrected chi connectivity index (χ1v) is 9.44. The monoisotopic (exact) mass is 380 g/mol. The number of rotatable bonds is 9. The lowest BCUT2D eigenvalue weighted by Gasteiger charge is -2.15. The molecule has 0 fully saturated rings. The summed E-state index contributed by atoms with van der Waals surface area (Å²) >= 11 is 0. The topological polar surface area (TPSA) is 108 Å². The summed E-state index contributed by atoms with van der Waals surface area (Å²) in [5, 5.41) is 10.8. The van der Waals surface area contributed by atoms with Gasteiger partial charge in [-0.05, 0) is 36.8 Å². The van der Waals surface area contributed by atoms with E-state index in [4.69, 9.17) is 9.47 Å². The highest BCUT2D eigenvalue weighted by Crippen LogP contribution is 2.17. The number of nitro benzene ring substituents is 1. The van der Waals surface area contributed by atoms with Crippen molar-refractivity contribution < 1.29 is 22.8 Å². The van der Waals surface area contributed by atoms with Gasteiger partial charge in [-0.3, -0.25) is 10.1 Å². The number of hydrogen-bond donors (Lipinski definition) is 1. The van der Waals surface area contributed by atoms with Crippen molar-refractivity contribution in [3.8, 4) is 11.5 Å². The number of nitro groups is 1. The smallest absolute Gasteiger partial charge is 0.269 e. The summed E-state index contributed by atoms with van der Waals surface area (Å²) in [4.78, 5) is 10.2. The predicted octanol–water partition coefficient (Wildman–Crippen LogP) is 2.49. The van der Waals surface area contributed by atoms with Crippen LogP contribution in [0.1, 0.15) is 12.5 Å². The van der Waals surface area contributed by atoms with Crippen molar-refractivity contribution in [2.75, 3.05) is 13.7 Å². The lowest BCUT2D eigenvalue weighted by atomic mass is 10.2. The Morgan fingerprint density at radius 2 is 1.81 bits per heavy atom. The average molecular weight is 380 g/mol. The maximum atomic E-state index is 12.2. The normalized spacial score (nSPS) is 12.4. The fraction of sp³-hybridized carbons (Fsp3) is 0.294. The minimum atomic E-state index is -3.66. The molecule has 2 aromatic carbocycles. The molecule has 0 aromatic heterocycles. The van der Waals surface area contributed by atoms with Crippen LogP contribution < -0.4 is 14.2 Å². The Bertz CT molecular complexity index is 852. The molecule has 9 heteroatoms. The Morgan fingerprint density at radius 3 is 2.42 bits per heavy atom. The third-order valence-electron chi connectivity index (χ3n) is 3.42. The third kappa shape index (κ3) is 6.01. The Balaban J connectivity index is 1.91. The zero-order valence-electron chi connectivity index (χ0n) is 14.4. The molecule has 0 unspecified atom stereocenters. The Kier molecular flexibility index (Phi) is 6.53. The first kappa shape index (κ1) is 19.7. The Labute approximate surface area is 152 Å². The molecule has 0 radical (unpaired) electrons. The van der Waals surface area contributed by atoms with Crippen molar-refractivity contribution in [2.45, 2.75) is 18.7 Å². The molecule has 0 amide bonds. The van der Waals surface area contributed by atoms with Gasteiger partial charge in [-0.1, -0.05) is 12.1 Å². The van der Waals surface area contributed by atoms with Crippen molar-refractivity contribution >= 4 is 15.7 Å². The molecule has 0 spiro atoms. The molecule has 2 aromatic rings. The highest BCUT2D eigenvalue weighted by molar-refractivity contribution is 7.88. The third-order valence-corrected chi connectivity index (χ3v) is 4.89. The van der Waals surface area contributed by atoms with Crippen LogP contribution in [0.2, 0.25) is 0 Å². The van der Waals surface area contributed by atoms with E-state index in [2.05, 4.69) is 4.72 Å². The van der Waals surface area contributed by atoms with Crippen LogP contribution in [0, 0.1) is 10.1 Å². The van der Waals surface area contributed by atoms with Crippen LogP contribution in [0.25, 0.3) is 0 Å². The molecule has 1 atom stereocenters. The first-order chi connectivity index (χ1) is 12.3. The van der Waals surface area contributed by atoms with Gasteiger partial charge in [0, 0.05) is 12.1 Å². The Hall–Kier alpha value is -2.65. The fourth-order valence-corrected chi connectivity index (χ4v) is 3.64. The van der Waals surface area contributed by atoms with Gasteiger partial charge in [-0.2, -0.15) is 0 Å². The molecule has 1 N–H and O–H groups in total. The molecule has 140 valence electrons. The molecule has 0 aliphatic heterocycles. The number of non-ortho nitro benzene ring substituents is 1. The van der Waals surface area contributed by atoms with E-state index in [0.717, 1.165) is 0 Å². The maximum Gasteiger partial charge on any atom is 0.269 e. The summed E-state index contributed by atoms with van der Waals surface area (Å²) < 4.78 is 37.6. The van der Waals surface area contributed by atoms with Crippen LogP contribution in [-0.2, 0) is 15.8 Å². The van der Waals surface area contributed by atoms with E-state index in [9.17, 15) is 18.5 Å². The van der Waals surface area contributed by atoms with E-state index in [1.165, 1.54) is 24.3 Å². The maximum absolute atomic E-state index is 12.2. The van der Waals surface area contributed by atoms with Gasteiger partial charge in [0.1, 0.15) is 18.1 Å². The summed E-state index contributed by atoms with van der Waals surface area (Å²) in [7, 11) is -2.10. The molecule has 26 heavy (non-hydrogen) atoms.